The Morgan fingerprint density at radius 1 is 0.938 bits per heavy atom. The van der Waals surface area contributed by atoms with Crippen LogP contribution in [0.15, 0.2) is 12.1 Å². The van der Waals surface area contributed by atoms with Crippen molar-refractivity contribution in [3.63, 3.8) is 0 Å². The van der Waals surface area contributed by atoms with Crippen LogP contribution in [0.4, 0.5) is 0 Å². The molecule has 0 aliphatic carbocycles. The van der Waals surface area contributed by atoms with Crippen molar-refractivity contribution in [3.8, 4) is 5.75 Å². The minimum Gasteiger partial charge on any atom is -0.506 e. The first-order valence-electron chi connectivity index (χ1n) is 5.57. The average Bonchev–Trinajstić information content (AvgIpc) is 2.05. The molecule has 0 fully saturated rings. The number of phenols is 1. The number of benzene rings is 1. The highest BCUT2D eigenvalue weighted by Crippen LogP contribution is 2.39. The minimum atomic E-state index is -0.102. The van der Waals surface area contributed by atoms with Crippen molar-refractivity contribution in [1.82, 2.24) is 0 Å². The lowest BCUT2D eigenvalue weighted by molar-refractivity contribution is 0.445. The van der Waals surface area contributed by atoms with Gasteiger partial charge in [0.05, 0.1) is 5.02 Å². The van der Waals surface area contributed by atoms with Gasteiger partial charge in [0.15, 0.2) is 0 Å². The van der Waals surface area contributed by atoms with E-state index in [2.05, 4.69) is 47.6 Å². The third-order valence-corrected chi connectivity index (χ3v) is 3.03. The first kappa shape index (κ1) is 13.4. The van der Waals surface area contributed by atoms with E-state index in [9.17, 15) is 5.11 Å². The Hall–Kier alpha value is -0.690. The molecule has 1 aromatic rings. The van der Waals surface area contributed by atoms with Gasteiger partial charge < -0.3 is 5.11 Å². The predicted octanol–water partition coefficient (Wildman–Crippen LogP) is 4.64. The molecule has 0 saturated heterocycles. The maximum atomic E-state index is 9.99. The monoisotopic (exact) mass is 240 g/mol. The van der Waals surface area contributed by atoms with Crippen molar-refractivity contribution in [2.45, 2.75) is 52.4 Å². The molecule has 0 aliphatic rings. The molecular formula is C14H21ClO. The molecule has 90 valence electrons. The van der Waals surface area contributed by atoms with Crippen LogP contribution >= 0.6 is 11.6 Å². The quantitative estimate of drug-likeness (QED) is 0.701. The normalized spacial score (nSPS) is 12.9. The highest BCUT2D eigenvalue weighted by atomic mass is 35.5. The lowest BCUT2D eigenvalue weighted by Crippen LogP contribution is -2.16. The molecule has 1 rings (SSSR count). The van der Waals surface area contributed by atoms with Crippen molar-refractivity contribution >= 4 is 11.6 Å². The van der Waals surface area contributed by atoms with E-state index in [1.807, 2.05) is 6.07 Å². The Labute approximate surface area is 103 Å². The van der Waals surface area contributed by atoms with Crippen LogP contribution in [0.2, 0.25) is 5.02 Å². The maximum Gasteiger partial charge on any atom is 0.137 e. The second kappa shape index (κ2) is 3.96. The molecule has 0 aliphatic heterocycles. The Bertz CT molecular complexity index is 394. The van der Waals surface area contributed by atoms with Crippen molar-refractivity contribution in [1.29, 1.82) is 0 Å². The van der Waals surface area contributed by atoms with E-state index in [1.54, 1.807) is 0 Å². The molecule has 0 saturated carbocycles. The maximum absolute atomic E-state index is 9.99. The summed E-state index contributed by atoms with van der Waals surface area (Å²) in [7, 11) is 0. The fraction of sp³-hybridized carbons (Fsp3) is 0.571. The molecule has 0 unspecified atom stereocenters. The Kier molecular flexibility index (Phi) is 3.31. The first-order chi connectivity index (χ1) is 7.03. The summed E-state index contributed by atoms with van der Waals surface area (Å²) in [6.45, 7) is 12.6. The standard InChI is InChI=1S/C14H21ClO/c1-13(2,3)9-7-10(14(4,5)6)12(16)11(15)8-9/h7-8,16H,1-6H3. The third kappa shape index (κ3) is 2.70. The zero-order valence-corrected chi connectivity index (χ0v) is 11.7. The summed E-state index contributed by atoms with van der Waals surface area (Å²) in [5, 5.41) is 10.4. The van der Waals surface area contributed by atoms with Crippen LogP contribution in [0.5, 0.6) is 5.75 Å². The number of aromatic hydroxyl groups is 1. The van der Waals surface area contributed by atoms with Crippen LogP contribution in [0.1, 0.15) is 52.7 Å². The molecule has 16 heavy (non-hydrogen) atoms. The smallest absolute Gasteiger partial charge is 0.137 e. The third-order valence-electron chi connectivity index (χ3n) is 2.74. The Balaban J connectivity index is 3.46. The summed E-state index contributed by atoms with van der Waals surface area (Å²) in [4.78, 5) is 0. The van der Waals surface area contributed by atoms with Gasteiger partial charge in [-0.25, -0.2) is 0 Å². The van der Waals surface area contributed by atoms with E-state index in [0.29, 0.717) is 5.02 Å². The van der Waals surface area contributed by atoms with E-state index in [1.165, 1.54) is 0 Å². The Morgan fingerprint density at radius 2 is 1.44 bits per heavy atom. The Morgan fingerprint density at radius 3 is 1.81 bits per heavy atom. The largest absolute Gasteiger partial charge is 0.506 e. The molecule has 0 atom stereocenters. The zero-order valence-electron chi connectivity index (χ0n) is 11.0. The molecule has 0 spiro atoms. The van der Waals surface area contributed by atoms with Crippen molar-refractivity contribution < 1.29 is 5.11 Å². The summed E-state index contributed by atoms with van der Waals surface area (Å²) < 4.78 is 0. The van der Waals surface area contributed by atoms with Crippen LogP contribution in [-0.2, 0) is 10.8 Å². The van der Waals surface area contributed by atoms with E-state index >= 15 is 0 Å². The second-order valence-electron chi connectivity index (χ2n) is 6.35. The van der Waals surface area contributed by atoms with Gasteiger partial charge >= 0.3 is 0 Å². The number of phenolic OH excluding ortho intramolecular Hbond substituents is 1. The molecule has 0 bridgehead atoms. The fourth-order valence-corrected chi connectivity index (χ4v) is 1.82. The molecule has 1 N–H and O–H groups in total. The van der Waals surface area contributed by atoms with E-state index in [4.69, 9.17) is 11.6 Å². The van der Waals surface area contributed by atoms with Crippen LogP contribution in [0.25, 0.3) is 0 Å². The summed E-state index contributed by atoms with van der Waals surface area (Å²) >= 11 is 6.08. The summed E-state index contributed by atoms with van der Waals surface area (Å²) in [5.74, 6) is 0.210. The molecular weight excluding hydrogens is 220 g/mol. The van der Waals surface area contributed by atoms with Crippen LogP contribution in [0, 0.1) is 0 Å². The van der Waals surface area contributed by atoms with Crippen molar-refractivity contribution in [3.05, 3.63) is 28.3 Å². The van der Waals surface area contributed by atoms with Crippen molar-refractivity contribution in [2.75, 3.05) is 0 Å². The van der Waals surface area contributed by atoms with E-state index in [-0.39, 0.29) is 16.6 Å². The number of rotatable bonds is 0. The zero-order chi connectivity index (χ0) is 12.7. The topological polar surface area (TPSA) is 20.2 Å². The summed E-state index contributed by atoms with van der Waals surface area (Å²) in [5.41, 5.74) is 2.00. The van der Waals surface area contributed by atoms with Gasteiger partial charge in [-0.3, -0.25) is 0 Å². The van der Waals surface area contributed by atoms with Gasteiger partial charge in [0.1, 0.15) is 5.75 Å². The number of halogens is 1. The molecule has 2 heteroatoms. The minimum absolute atomic E-state index is 0.0390. The number of hydrogen-bond donors (Lipinski definition) is 1. The molecule has 0 radical (unpaired) electrons. The highest BCUT2D eigenvalue weighted by molar-refractivity contribution is 6.32. The molecule has 0 heterocycles. The molecule has 1 aromatic carbocycles. The summed E-state index contributed by atoms with van der Waals surface area (Å²) in [6.07, 6.45) is 0. The second-order valence-corrected chi connectivity index (χ2v) is 6.76. The molecule has 0 aromatic heterocycles. The lowest BCUT2D eigenvalue weighted by atomic mass is 9.80. The van der Waals surface area contributed by atoms with Crippen LogP contribution < -0.4 is 0 Å². The van der Waals surface area contributed by atoms with E-state index in [0.717, 1.165) is 11.1 Å². The lowest BCUT2D eigenvalue weighted by Gasteiger charge is -2.26. The highest BCUT2D eigenvalue weighted by Gasteiger charge is 2.24. The van der Waals surface area contributed by atoms with Gasteiger partial charge in [0, 0.05) is 5.56 Å². The molecule has 1 nitrogen and oxygen atoms in total. The fourth-order valence-electron chi connectivity index (χ4n) is 1.60. The number of hydrogen-bond acceptors (Lipinski definition) is 1. The SMILES string of the molecule is CC(C)(C)c1cc(Cl)c(O)c(C(C)(C)C)c1. The predicted molar refractivity (Wildman–Crippen MR) is 70.5 cm³/mol. The van der Waals surface area contributed by atoms with Gasteiger partial charge in [-0.1, -0.05) is 59.2 Å². The first-order valence-corrected chi connectivity index (χ1v) is 5.95. The van der Waals surface area contributed by atoms with Crippen LogP contribution in [0.3, 0.4) is 0 Å². The van der Waals surface area contributed by atoms with Gasteiger partial charge in [0.25, 0.3) is 0 Å². The van der Waals surface area contributed by atoms with Gasteiger partial charge in [-0.05, 0) is 22.5 Å². The van der Waals surface area contributed by atoms with Gasteiger partial charge in [-0.2, -0.15) is 0 Å². The van der Waals surface area contributed by atoms with Crippen LogP contribution in [-0.4, -0.2) is 5.11 Å². The van der Waals surface area contributed by atoms with Gasteiger partial charge in [-0.15, -0.1) is 0 Å². The summed E-state index contributed by atoms with van der Waals surface area (Å²) in [6, 6.07) is 3.91. The average molecular weight is 241 g/mol. The van der Waals surface area contributed by atoms with Crippen molar-refractivity contribution in [2.24, 2.45) is 0 Å². The van der Waals surface area contributed by atoms with Gasteiger partial charge in [0.2, 0.25) is 0 Å². The van der Waals surface area contributed by atoms with E-state index < -0.39 is 0 Å². The molecule has 0 amide bonds.